The lowest BCUT2D eigenvalue weighted by atomic mass is 9.33. The number of carboxylic acids is 2. The molecule has 7 nitrogen and oxygen atoms in total. The summed E-state index contributed by atoms with van der Waals surface area (Å²) in [5.41, 5.74) is -3.48. The van der Waals surface area contributed by atoms with Gasteiger partial charge in [0.1, 0.15) is 5.41 Å². The first kappa shape index (κ1) is 27.1. The van der Waals surface area contributed by atoms with Crippen molar-refractivity contribution in [2.24, 2.45) is 50.7 Å². The summed E-state index contributed by atoms with van der Waals surface area (Å²) in [4.78, 5) is 25.4. The molecule has 0 aromatic carbocycles. The van der Waals surface area contributed by atoms with Crippen LogP contribution in [0.1, 0.15) is 92.4 Å². The summed E-state index contributed by atoms with van der Waals surface area (Å²) in [5.74, 6) is -2.59. The summed E-state index contributed by atoms with van der Waals surface area (Å²) in [6.45, 7) is 10.0. The molecule has 4 saturated carbocycles. The number of hydrogen-bond acceptors (Lipinski definition) is 5. The number of rotatable bonds is 3. The molecule has 5 N–H and O–H groups in total. The van der Waals surface area contributed by atoms with Crippen LogP contribution in [0.5, 0.6) is 0 Å². The van der Waals surface area contributed by atoms with Gasteiger partial charge in [-0.3, -0.25) is 9.59 Å². The van der Waals surface area contributed by atoms with Gasteiger partial charge in [0.2, 0.25) is 0 Å². The van der Waals surface area contributed by atoms with Crippen LogP contribution in [-0.4, -0.2) is 55.8 Å². The van der Waals surface area contributed by atoms with Crippen LogP contribution in [0.3, 0.4) is 0 Å². The first-order valence-electron chi connectivity index (χ1n) is 14.3. The fraction of sp³-hybridized carbons (Fsp3) is 0.867. The Morgan fingerprint density at radius 2 is 1.59 bits per heavy atom. The molecule has 0 aromatic rings. The highest BCUT2D eigenvalue weighted by molar-refractivity contribution is 5.77. The smallest absolute Gasteiger partial charge is 0.314 e. The Balaban J connectivity index is 1.65. The van der Waals surface area contributed by atoms with Crippen molar-refractivity contribution in [3.63, 3.8) is 0 Å². The number of aliphatic carboxylic acids is 2. The van der Waals surface area contributed by atoms with E-state index in [4.69, 9.17) is 0 Å². The van der Waals surface area contributed by atoms with Gasteiger partial charge >= 0.3 is 11.9 Å². The van der Waals surface area contributed by atoms with E-state index in [2.05, 4.69) is 26.8 Å². The third-order valence-corrected chi connectivity index (χ3v) is 13.6. The zero-order valence-electron chi connectivity index (χ0n) is 23.1. The highest BCUT2D eigenvalue weighted by atomic mass is 16.4. The molecule has 5 aliphatic rings. The van der Waals surface area contributed by atoms with Crippen LogP contribution in [0.25, 0.3) is 0 Å². The second-order valence-corrected chi connectivity index (χ2v) is 14.4. The van der Waals surface area contributed by atoms with Crippen LogP contribution >= 0.6 is 0 Å². The predicted octanol–water partition coefficient (Wildman–Crippen LogP) is 4.24. The Kier molecular flexibility index (Phi) is 5.90. The van der Waals surface area contributed by atoms with Gasteiger partial charge in [0, 0.05) is 5.92 Å². The van der Waals surface area contributed by atoms with Crippen LogP contribution in [-0.2, 0) is 9.59 Å². The lowest BCUT2D eigenvalue weighted by Gasteiger charge is -2.71. The summed E-state index contributed by atoms with van der Waals surface area (Å²) >= 11 is 0. The van der Waals surface area contributed by atoms with Gasteiger partial charge in [-0.25, -0.2) is 0 Å². The summed E-state index contributed by atoms with van der Waals surface area (Å²) in [7, 11) is 0. The first-order valence-corrected chi connectivity index (χ1v) is 14.3. The maximum absolute atomic E-state index is 12.8. The minimum atomic E-state index is -1.56. The normalized spacial score (nSPS) is 55.1. The number of hydrogen-bond donors (Lipinski definition) is 5. The molecule has 208 valence electrons. The first-order chi connectivity index (χ1) is 17.1. The average molecular weight is 519 g/mol. The standard InChI is InChI=1S/C30H46O7/c1-17-8-13-29(23(33)34)15-14-26(3)18(22(29)28(17,5)37)6-7-19-25(2)11-10-21(32)30(16-31,24(35)36)20(25)9-12-27(19,26)4/h6,17,19-22,31-32,37H,7-16H2,1-5H3,(H,33,34)(H,35,36). The topological polar surface area (TPSA) is 135 Å². The van der Waals surface area contributed by atoms with Crippen LogP contribution in [0.15, 0.2) is 11.6 Å². The van der Waals surface area contributed by atoms with Gasteiger partial charge in [0.25, 0.3) is 0 Å². The quantitative estimate of drug-likeness (QED) is 0.353. The number of aliphatic hydroxyl groups excluding tert-OH is 2. The Labute approximate surface area is 220 Å². The lowest BCUT2D eigenvalue weighted by Crippen LogP contribution is -2.69. The van der Waals surface area contributed by atoms with Gasteiger partial charge in [-0.2, -0.15) is 0 Å². The zero-order chi connectivity index (χ0) is 27.4. The second-order valence-electron chi connectivity index (χ2n) is 14.4. The minimum absolute atomic E-state index is 0.00687. The minimum Gasteiger partial charge on any atom is -0.481 e. The fourth-order valence-corrected chi connectivity index (χ4v) is 10.9. The third-order valence-electron chi connectivity index (χ3n) is 13.6. The van der Waals surface area contributed by atoms with E-state index in [1.807, 2.05) is 13.8 Å². The molecular formula is C30H46O7. The molecule has 11 atom stereocenters. The van der Waals surface area contributed by atoms with Crippen molar-refractivity contribution in [1.82, 2.24) is 0 Å². The molecule has 0 saturated heterocycles. The van der Waals surface area contributed by atoms with Crippen molar-refractivity contribution in [2.45, 2.75) is 104 Å². The van der Waals surface area contributed by atoms with Crippen molar-refractivity contribution in [3.05, 3.63) is 11.6 Å². The van der Waals surface area contributed by atoms with Crippen LogP contribution < -0.4 is 0 Å². The summed E-state index contributed by atoms with van der Waals surface area (Å²) in [6, 6.07) is 0. The molecule has 11 unspecified atom stereocenters. The van der Waals surface area contributed by atoms with Crippen molar-refractivity contribution >= 4 is 11.9 Å². The van der Waals surface area contributed by atoms with E-state index in [0.717, 1.165) is 18.4 Å². The maximum Gasteiger partial charge on any atom is 0.314 e. The summed E-state index contributed by atoms with van der Waals surface area (Å²) in [6.07, 6.45) is 6.76. The Morgan fingerprint density at radius 3 is 2.19 bits per heavy atom. The molecule has 7 heteroatoms. The van der Waals surface area contributed by atoms with Crippen LogP contribution in [0.4, 0.5) is 0 Å². The average Bonchev–Trinajstić information content (AvgIpc) is 2.82. The van der Waals surface area contributed by atoms with Crippen molar-refractivity contribution < 1.29 is 35.1 Å². The van der Waals surface area contributed by atoms with Crippen molar-refractivity contribution in [1.29, 1.82) is 0 Å². The third kappa shape index (κ3) is 3.00. The van der Waals surface area contributed by atoms with E-state index >= 15 is 0 Å². The van der Waals surface area contributed by atoms with E-state index in [1.165, 1.54) is 0 Å². The Morgan fingerprint density at radius 1 is 0.919 bits per heavy atom. The van der Waals surface area contributed by atoms with Crippen molar-refractivity contribution in [2.75, 3.05) is 6.61 Å². The molecule has 0 amide bonds. The van der Waals surface area contributed by atoms with E-state index < -0.39 is 47.0 Å². The molecule has 0 spiro atoms. The number of carboxylic acid groups (broad SMARTS) is 2. The number of aliphatic hydroxyl groups is 3. The van der Waals surface area contributed by atoms with Crippen LogP contribution in [0, 0.1) is 50.7 Å². The number of carbonyl (C=O) groups is 2. The van der Waals surface area contributed by atoms with E-state index in [9.17, 15) is 35.1 Å². The largest absolute Gasteiger partial charge is 0.481 e. The highest BCUT2D eigenvalue weighted by Crippen LogP contribution is 2.76. The zero-order valence-corrected chi connectivity index (χ0v) is 23.1. The highest BCUT2D eigenvalue weighted by Gasteiger charge is 2.72. The van der Waals surface area contributed by atoms with Gasteiger partial charge in [0.15, 0.2) is 0 Å². The molecular weight excluding hydrogens is 472 g/mol. The Bertz CT molecular complexity index is 1030. The SMILES string of the molecule is CC1CCC2(C(=O)O)CCC3(C)C(=CCC4C5(C)CCC(O)C(CO)(C(=O)O)C5CCC43C)C2C1(C)O. The molecule has 0 aromatic heterocycles. The summed E-state index contributed by atoms with van der Waals surface area (Å²) in [5, 5.41) is 54.0. The molecule has 37 heavy (non-hydrogen) atoms. The van der Waals surface area contributed by atoms with Gasteiger partial charge in [-0.05, 0) is 98.7 Å². The molecule has 0 radical (unpaired) electrons. The number of fused-ring (bicyclic) bond motifs is 7. The van der Waals surface area contributed by atoms with Crippen molar-refractivity contribution in [3.8, 4) is 0 Å². The molecule has 4 fully saturated rings. The molecule has 0 aliphatic heterocycles. The molecule has 0 bridgehead atoms. The van der Waals surface area contributed by atoms with Gasteiger partial charge < -0.3 is 25.5 Å². The number of allylic oxidation sites excluding steroid dienone is 1. The fourth-order valence-electron chi connectivity index (χ4n) is 10.9. The van der Waals surface area contributed by atoms with Gasteiger partial charge in [-0.15, -0.1) is 0 Å². The van der Waals surface area contributed by atoms with E-state index in [0.29, 0.717) is 44.9 Å². The van der Waals surface area contributed by atoms with Crippen LogP contribution in [0.2, 0.25) is 0 Å². The lowest BCUT2D eigenvalue weighted by molar-refractivity contribution is -0.233. The monoisotopic (exact) mass is 518 g/mol. The Hall–Kier alpha value is -1.44. The molecule has 5 rings (SSSR count). The van der Waals surface area contributed by atoms with E-state index in [-0.39, 0.29) is 34.0 Å². The van der Waals surface area contributed by atoms with E-state index in [1.54, 1.807) is 0 Å². The second kappa shape index (κ2) is 8.04. The van der Waals surface area contributed by atoms with Gasteiger partial charge in [-0.1, -0.05) is 39.3 Å². The maximum atomic E-state index is 12.8. The molecule has 0 heterocycles. The molecule has 5 aliphatic carbocycles. The predicted molar refractivity (Wildman–Crippen MR) is 137 cm³/mol. The summed E-state index contributed by atoms with van der Waals surface area (Å²) < 4.78 is 0. The van der Waals surface area contributed by atoms with Gasteiger partial charge in [0.05, 0.1) is 23.7 Å².